The van der Waals surface area contributed by atoms with E-state index in [1.54, 1.807) is 12.3 Å². The summed E-state index contributed by atoms with van der Waals surface area (Å²) in [5, 5.41) is 12.1. The van der Waals surface area contributed by atoms with Crippen LogP contribution in [0.5, 0.6) is 0 Å². The van der Waals surface area contributed by atoms with Crippen LogP contribution in [0, 0.1) is 11.3 Å². The van der Waals surface area contributed by atoms with Gasteiger partial charge in [0.15, 0.2) is 0 Å². The number of nitrogens with zero attached hydrogens (tertiary/aromatic N) is 3. The summed E-state index contributed by atoms with van der Waals surface area (Å²) in [4.78, 5) is 19.3. The Labute approximate surface area is 177 Å². The monoisotopic (exact) mass is 396 g/mol. The molecule has 30 heavy (non-hydrogen) atoms. The molecule has 1 fully saturated rings. The first-order valence-electron chi connectivity index (χ1n) is 10.3. The lowest BCUT2D eigenvalue weighted by Gasteiger charge is -2.19. The lowest BCUT2D eigenvalue weighted by Crippen LogP contribution is -2.28. The Morgan fingerprint density at radius 1 is 1.07 bits per heavy atom. The second-order valence-corrected chi connectivity index (χ2v) is 7.60. The molecule has 150 valence electrons. The highest BCUT2D eigenvalue weighted by molar-refractivity contribution is 5.93. The third-order valence-electron chi connectivity index (χ3n) is 5.53. The second-order valence-electron chi connectivity index (χ2n) is 7.60. The molecule has 0 aliphatic carbocycles. The van der Waals surface area contributed by atoms with Gasteiger partial charge in [0.2, 0.25) is 0 Å². The highest BCUT2D eigenvalue weighted by Gasteiger charge is 2.17. The molecule has 2 heterocycles. The van der Waals surface area contributed by atoms with E-state index in [1.165, 1.54) is 12.8 Å². The van der Waals surface area contributed by atoms with Crippen LogP contribution in [-0.4, -0.2) is 24.0 Å². The Bertz CT molecular complexity index is 1080. The second kappa shape index (κ2) is 8.79. The maximum absolute atomic E-state index is 12.7. The number of amides is 1. The molecular formula is C25H24N4O. The third kappa shape index (κ3) is 4.33. The Morgan fingerprint density at radius 3 is 2.57 bits per heavy atom. The molecular weight excluding hydrogens is 372 g/mol. The van der Waals surface area contributed by atoms with Crippen molar-refractivity contribution in [3.8, 4) is 17.2 Å². The molecule has 1 aliphatic heterocycles. The van der Waals surface area contributed by atoms with E-state index < -0.39 is 0 Å². The summed E-state index contributed by atoms with van der Waals surface area (Å²) < 4.78 is 0. The number of nitrogens with one attached hydrogen (secondary N) is 1. The van der Waals surface area contributed by atoms with Gasteiger partial charge in [0.05, 0.1) is 17.7 Å². The van der Waals surface area contributed by atoms with Gasteiger partial charge in [-0.25, -0.2) is 0 Å². The highest BCUT2D eigenvalue weighted by atomic mass is 16.1. The number of nitriles is 1. The summed E-state index contributed by atoms with van der Waals surface area (Å²) in [6.45, 7) is 4.03. The van der Waals surface area contributed by atoms with Crippen molar-refractivity contribution in [1.29, 1.82) is 5.26 Å². The number of carbonyl (C=O) groups excluding carboxylic acids is 1. The van der Waals surface area contributed by atoms with E-state index in [4.69, 9.17) is 5.26 Å². The fourth-order valence-electron chi connectivity index (χ4n) is 3.80. The minimum Gasteiger partial charge on any atom is -0.371 e. The zero-order valence-corrected chi connectivity index (χ0v) is 17.0. The summed E-state index contributed by atoms with van der Waals surface area (Å²) in [6, 6.07) is 21.4. The lowest BCUT2D eigenvalue weighted by atomic mass is 10.00. The summed E-state index contributed by atoms with van der Waals surface area (Å²) in [7, 11) is 0. The van der Waals surface area contributed by atoms with Crippen molar-refractivity contribution in [2.75, 3.05) is 18.0 Å². The molecule has 1 atom stereocenters. The number of benzene rings is 2. The average Bonchev–Trinajstić information content (AvgIpc) is 3.34. The van der Waals surface area contributed by atoms with Gasteiger partial charge in [-0.3, -0.25) is 9.78 Å². The fourth-order valence-corrected chi connectivity index (χ4v) is 3.80. The first-order valence-corrected chi connectivity index (χ1v) is 10.3. The zero-order valence-electron chi connectivity index (χ0n) is 17.0. The number of aromatic nitrogens is 1. The molecule has 1 aliphatic rings. The van der Waals surface area contributed by atoms with E-state index in [1.807, 2.05) is 61.5 Å². The van der Waals surface area contributed by atoms with E-state index in [9.17, 15) is 4.79 Å². The minimum absolute atomic E-state index is 0.144. The number of carbonyl (C=O) groups is 1. The number of anilines is 1. The van der Waals surface area contributed by atoms with Gasteiger partial charge >= 0.3 is 0 Å². The van der Waals surface area contributed by atoms with Crippen LogP contribution in [0.2, 0.25) is 0 Å². The van der Waals surface area contributed by atoms with Crippen LogP contribution in [0.3, 0.4) is 0 Å². The Hall–Kier alpha value is -3.65. The summed E-state index contributed by atoms with van der Waals surface area (Å²) in [5.41, 5.74) is 5.19. The topological polar surface area (TPSA) is 69.0 Å². The lowest BCUT2D eigenvalue weighted by molar-refractivity contribution is 0.0935. The van der Waals surface area contributed by atoms with Gasteiger partial charge in [0.1, 0.15) is 5.69 Å². The summed E-state index contributed by atoms with van der Waals surface area (Å²) in [5.74, 6) is -0.172. The maximum atomic E-state index is 12.7. The minimum atomic E-state index is -0.172. The molecule has 0 radical (unpaired) electrons. The van der Waals surface area contributed by atoms with E-state index in [0.717, 1.165) is 35.5 Å². The van der Waals surface area contributed by atoms with Crippen molar-refractivity contribution in [2.45, 2.75) is 25.8 Å². The molecule has 5 heteroatoms. The zero-order chi connectivity index (χ0) is 20.9. The number of rotatable bonds is 5. The van der Waals surface area contributed by atoms with Crippen LogP contribution < -0.4 is 10.2 Å². The smallest absolute Gasteiger partial charge is 0.270 e. The highest BCUT2D eigenvalue weighted by Crippen LogP contribution is 2.24. The molecule has 0 saturated carbocycles. The molecule has 1 unspecified atom stereocenters. The van der Waals surface area contributed by atoms with Gasteiger partial charge in [-0.1, -0.05) is 36.4 Å². The molecule has 1 N–H and O–H groups in total. The molecule has 0 bridgehead atoms. The maximum Gasteiger partial charge on any atom is 0.270 e. The van der Waals surface area contributed by atoms with Crippen LogP contribution >= 0.6 is 0 Å². The molecule has 1 saturated heterocycles. The van der Waals surface area contributed by atoms with E-state index >= 15 is 0 Å². The van der Waals surface area contributed by atoms with Gasteiger partial charge in [0, 0.05) is 25.0 Å². The molecule has 2 aromatic carbocycles. The predicted octanol–water partition coefficient (Wildman–Crippen LogP) is 4.71. The quantitative estimate of drug-likeness (QED) is 0.678. The van der Waals surface area contributed by atoms with Crippen LogP contribution in [0.15, 0.2) is 66.9 Å². The van der Waals surface area contributed by atoms with Gasteiger partial charge in [-0.15, -0.1) is 0 Å². The van der Waals surface area contributed by atoms with E-state index in [0.29, 0.717) is 11.3 Å². The predicted molar refractivity (Wildman–Crippen MR) is 118 cm³/mol. The van der Waals surface area contributed by atoms with Crippen LogP contribution in [0.25, 0.3) is 11.1 Å². The molecule has 0 spiro atoms. The Balaban J connectivity index is 1.44. The fraction of sp³-hybridized carbons (Fsp3) is 0.240. The summed E-state index contributed by atoms with van der Waals surface area (Å²) >= 11 is 0. The third-order valence-corrected chi connectivity index (χ3v) is 5.53. The van der Waals surface area contributed by atoms with Crippen molar-refractivity contribution >= 4 is 11.6 Å². The SMILES string of the molecule is CC(NC(=O)c1cc(N2CCCC2)ccn1)c1ccc(-c2cccc(C#N)c2)cc1. The van der Waals surface area contributed by atoms with Crippen LogP contribution in [-0.2, 0) is 0 Å². The number of hydrogen-bond acceptors (Lipinski definition) is 4. The van der Waals surface area contributed by atoms with Crippen LogP contribution in [0.1, 0.15) is 47.4 Å². The normalized spacial score (nSPS) is 14.2. The van der Waals surface area contributed by atoms with Gasteiger partial charge in [0.25, 0.3) is 5.91 Å². The van der Waals surface area contributed by atoms with E-state index in [-0.39, 0.29) is 11.9 Å². The van der Waals surface area contributed by atoms with Crippen molar-refractivity contribution in [2.24, 2.45) is 0 Å². The summed E-state index contributed by atoms with van der Waals surface area (Å²) in [6.07, 6.45) is 4.09. The number of hydrogen-bond donors (Lipinski definition) is 1. The van der Waals surface area contributed by atoms with Gasteiger partial charge in [-0.05, 0) is 60.7 Å². The molecule has 1 amide bonds. The van der Waals surface area contributed by atoms with Crippen molar-refractivity contribution in [3.05, 3.63) is 83.7 Å². The van der Waals surface area contributed by atoms with Crippen molar-refractivity contribution in [1.82, 2.24) is 10.3 Å². The first-order chi connectivity index (χ1) is 14.6. The largest absolute Gasteiger partial charge is 0.371 e. The standard InChI is InChI=1S/C25H24N4O/c1-18(20-7-9-21(10-8-20)22-6-4-5-19(15-22)17-26)28-25(30)24-16-23(11-12-27-24)29-13-2-3-14-29/h4-12,15-16,18H,2-3,13-14H2,1H3,(H,28,30). The van der Waals surface area contributed by atoms with Crippen molar-refractivity contribution < 1.29 is 4.79 Å². The number of pyridine rings is 1. The van der Waals surface area contributed by atoms with Gasteiger partial charge in [-0.2, -0.15) is 5.26 Å². The average molecular weight is 396 g/mol. The molecule has 5 nitrogen and oxygen atoms in total. The Morgan fingerprint density at radius 2 is 1.83 bits per heavy atom. The van der Waals surface area contributed by atoms with E-state index in [2.05, 4.69) is 21.3 Å². The Kier molecular flexibility index (Phi) is 5.76. The van der Waals surface area contributed by atoms with Crippen molar-refractivity contribution in [3.63, 3.8) is 0 Å². The molecule has 3 aromatic rings. The first kappa shape index (κ1) is 19.7. The van der Waals surface area contributed by atoms with Crippen LogP contribution in [0.4, 0.5) is 5.69 Å². The van der Waals surface area contributed by atoms with Gasteiger partial charge < -0.3 is 10.2 Å². The molecule has 1 aromatic heterocycles. The molecule has 4 rings (SSSR count).